The molecule has 0 saturated carbocycles. The van der Waals surface area contributed by atoms with Gasteiger partial charge in [0.15, 0.2) is 11.5 Å². The third-order valence-corrected chi connectivity index (χ3v) is 9.82. The lowest BCUT2D eigenvalue weighted by molar-refractivity contribution is -0.138. The SMILES string of the molecule is CC(C)(C)CC(NC(=O)Oc1csc2ccccc12)C(=O)N1CCC2C1C(=O)CN2S(=O)(=O)C(=O)c1cccnc1. The van der Waals surface area contributed by atoms with Crippen molar-refractivity contribution in [3.8, 4) is 5.75 Å². The van der Waals surface area contributed by atoms with E-state index in [4.69, 9.17) is 4.74 Å². The smallest absolute Gasteiger partial charge is 0.409 e. The number of hydrogen-bond donors (Lipinski definition) is 1. The van der Waals surface area contributed by atoms with Gasteiger partial charge in [-0.1, -0.05) is 32.9 Å². The summed E-state index contributed by atoms with van der Waals surface area (Å²) in [4.78, 5) is 57.9. The molecule has 2 saturated heterocycles. The van der Waals surface area contributed by atoms with Gasteiger partial charge in [0.25, 0.3) is 15.1 Å². The number of pyridine rings is 1. The molecule has 3 atom stereocenters. The first kappa shape index (κ1) is 28.8. The van der Waals surface area contributed by atoms with E-state index >= 15 is 0 Å². The van der Waals surface area contributed by atoms with Crippen molar-refractivity contribution in [3.63, 3.8) is 0 Å². The van der Waals surface area contributed by atoms with E-state index < -0.39 is 57.6 Å². The first-order chi connectivity index (χ1) is 19.4. The summed E-state index contributed by atoms with van der Waals surface area (Å²) in [5.41, 5.74) is -0.492. The minimum Gasteiger partial charge on any atom is -0.409 e. The number of likely N-dealkylation sites (tertiary alicyclic amines) is 1. The molecule has 2 amide bonds. The molecule has 11 nitrogen and oxygen atoms in total. The fraction of sp³-hybridized carbons (Fsp3) is 0.393. The normalized spacial score (nSPS) is 20.2. The van der Waals surface area contributed by atoms with Crippen LogP contribution in [0.1, 0.15) is 44.0 Å². The van der Waals surface area contributed by atoms with Gasteiger partial charge >= 0.3 is 6.09 Å². The van der Waals surface area contributed by atoms with Crippen LogP contribution >= 0.6 is 11.3 Å². The lowest BCUT2D eigenvalue weighted by atomic mass is 9.87. The van der Waals surface area contributed by atoms with Crippen molar-refractivity contribution in [2.24, 2.45) is 5.41 Å². The molecule has 0 spiro atoms. The molecule has 216 valence electrons. The number of carbonyl (C=O) groups is 4. The van der Waals surface area contributed by atoms with Crippen LogP contribution in [-0.4, -0.2) is 76.7 Å². The number of nitrogens with zero attached hydrogens (tertiary/aromatic N) is 3. The standard InChI is InChI=1S/C28H30N4O7S2/c1-28(2,3)13-19(30-27(36)39-22-16-40-23-9-5-4-8-18(22)23)25(34)31-12-10-20-24(31)21(33)15-32(20)41(37,38)26(35)17-7-6-11-29-14-17/h4-9,11,14,16,19-20,24H,10,12-13,15H2,1-3H3,(H,30,36). The van der Waals surface area contributed by atoms with Crippen molar-refractivity contribution in [2.75, 3.05) is 13.1 Å². The third kappa shape index (κ3) is 5.74. The maximum absolute atomic E-state index is 13.8. The number of sulfonamides is 1. The summed E-state index contributed by atoms with van der Waals surface area (Å²) in [6.45, 7) is 5.33. The maximum Gasteiger partial charge on any atom is 0.413 e. The Balaban J connectivity index is 1.34. The van der Waals surface area contributed by atoms with Crippen LogP contribution in [-0.2, 0) is 19.6 Å². The van der Waals surface area contributed by atoms with Crippen molar-refractivity contribution in [1.82, 2.24) is 19.5 Å². The van der Waals surface area contributed by atoms with E-state index in [1.807, 2.05) is 45.0 Å². The number of nitrogens with one attached hydrogen (secondary N) is 1. The van der Waals surface area contributed by atoms with Gasteiger partial charge in [-0.2, -0.15) is 4.31 Å². The molecule has 2 fully saturated rings. The summed E-state index contributed by atoms with van der Waals surface area (Å²) >= 11 is 1.43. The van der Waals surface area contributed by atoms with Gasteiger partial charge in [0.1, 0.15) is 12.1 Å². The molecule has 2 aliphatic rings. The van der Waals surface area contributed by atoms with Gasteiger partial charge in [0, 0.05) is 34.4 Å². The Morgan fingerprint density at radius 3 is 2.63 bits per heavy atom. The predicted octanol–water partition coefficient (Wildman–Crippen LogP) is 3.21. The van der Waals surface area contributed by atoms with Crippen LogP contribution in [0.25, 0.3) is 10.1 Å². The Morgan fingerprint density at radius 2 is 1.93 bits per heavy atom. The van der Waals surface area contributed by atoms with E-state index in [9.17, 15) is 27.6 Å². The molecule has 1 N–H and O–H groups in total. The quantitative estimate of drug-likeness (QED) is 0.456. The Labute approximate surface area is 241 Å². The van der Waals surface area contributed by atoms with Crippen LogP contribution in [0.15, 0.2) is 54.2 Å². The van der Waals surface area contributed by atoms with Crippen LogP contribution in [0.3, 0.4) is 0 Å². The van der Waals surface area contributed by atoms with Gasteiger partial charge in [-0.15, -0.1) is 11.3 Å². The number of carbonyl (C=O) groups excluding carboxylic acids is 4. The molecule has 13 heteroatoms. The number of ether oxygens (including phenoxy) is 1. The zero-order valence-electron chi connectivity index (χ0n) is 22.8. The minimum absolute atomic E-state index is 0.0968. The average Bonchev–Trinajstić information content (AvgIpc) is 3.63. The molecular weight excluding hydrogens is 568 g/mol. The van der Waals surface area contributed by atoms with E-state index in [-0.39, 0.29) is 30.4 Å². The molecule has 2 aromatic heterocycles. The van der Waals surface area contributed by atoms with Crippen molar-refractivity contribution >= 4 is 54.3 Å². The number of Topliss-reactive ketones (excluding diaryl/α,β-unsaturated/α-hetero) is 1. The van der Waals surface area contributed by atoms with Gasteiger partial charge in [0.05, 0.1) is 18.2 Å². The molecule has 3 aromatic rings. The van der Waals surface area contributed by atoms with Gasteiger partial charge in [-0.25, -0.2) is 13.2 Å². The number of amides is 2. The zero-order valence-corrected chi connectivity index (χ0v) is 24.4. The summed E-state index contributed by atoms with van der Waals surface area (Å²) < 4.78 is 33.9. The second kappa shape index (κ2) is 11.0. The topological polar surface area (TPSA) is 143 Å². The molecular formula is C28H30N4O7S2. The Kier molecular flexibility index (Phi) is 7.70. The molecule has 41 heavy (non-hydrogen) atoms. The number of hydrogen-bond acceptors (Lipinski definition) is 9. The highest BCUT2D eigenvalue weighted by Gasteiger charge is 2.55. The zero-order chi connectivity index (χ0) is 29.5. The summed E-state index contributed by atoms with van der Waals surface area (Å²) in [5.74, 6) is -0.618. The lowest BCUT2D eigenvalue weighted by Crippen LogP contribution is -2.54. The molecule has 0 aliphatic carbocycles. The Bertz CT molecular complexity index is 1610. The first-order valence-corrected chi connectivity index (χ1v) is 15.4. The van der Waals surface area contributed by atoms with Gasteiger partial charge in [-0.3, -0.25) is 19.4 Å². The molecule has 1 aromatic carbocycles. The molecule has 3 unspecified atom stereocenters. The fourth-order valence-corrected chi connectivity index (χ4v) is 7.76. The molecule has 4 heterocycles. The second-order valence-corrected chi connectivity index (χ2v) is 14.0. The Morgan fingerprint density at radius 1 is 1.17 bits per heavy atom. The van der Waals surface area contributed by atoms with Crippen LogP contribution in [0.2, 0.25) is 0 Å². The average molecular weight is 599 g/mol. The number of aromatic nitrogens is 1. The van der Waals surface area contributed by atoms with Crippen molar-refractivity contribution in [2.45, 2.75) is 51.7 Å². The first-order valence-electron chi connectivity index (χ1n) is 13.1. The summed E-state index contributed by atoms with van der Waals surface area (Å²) in [6, 6.07) is 7.29. The molecule has 0 radical (unpaired) electrons. The number of benzene rings is 1. The van der Waals surface area contributed by atoms with E-state index in [1.165, 1.54) is 34.6 Å². The highest BCUT2D eigenvalue weighted by Crippen LogP contribution is 2.35. The van der Waals surface area contributed by atoms with Crippen LogP contribution in [0.4, 0.5) is 4.79 Å². The van der Waals surface area contributed by atoms with E-state index in [0.717, 1.165) is 20.6 Å². The van der Waals surface area contributed by atoms with Crippen LogP contribution in [0.5, 0.6) is 5.75 Å². The van der Waals surface area contributed by atoms with Crippen molar-refractivity contribution in [3.05, 3.63) is 59.7 Å². The predicted molar refractivity (Wildman–Crippen MR) is 152 cm³/mol. The number of fused-ring (bicyclic) bond motifs is 2. The number of thiophene rings is 1. The lowest BCUT2D eigenvalue weighted by Gasteiger charge is -2.31. The highest BCUT2D eigenvalue weighted by atomic mass is 32.2. The molecule has 0 bridgehead atoms. The largest absolute Gasteiger partial charge is 0.413 e. The van der Waals surface area contributed by atoms with E-state index in [0.29, 0.717) is 5.75 Å². The minimum atomic E-state index is -4.54. The fourth-order valence-electron chi connectivity index (χ4n) is 5.40. The maximum atomic E-state index is 13.8. The third-order valence-electron chi connectivity index (χ3n) is 7.16. The van der Waals surface area contributed by atoms with Crippen LogP contribution < -0.4 is 10.1 Å². The molecule has 5 rings (SSSR count). The van der Waals surface area contributed by atoms with Gasteiger partial charge in [-0.05, 0) is 42.5 Å². The Hall–Kier alpha value is -3.68. The van der Waals surface area contributed by atoms with Crippen molar-refractivity contribution in [1.29, 1.82) is 0 Å². The van der Waals surface area contributed by atoms with Gasteiger partial charge in [0.2, 0.25) is 5.91 Å². The van der Waals surface area contributed by atoms with E-state index in [2.05, 4.69) is 10.3 Å². The number of rotatable bonds is 6. The van der Waals surface area contributed by atoms with Gasteiger partial charge < -0.3 is 15.0 Å². The second-order valence-electron chi connectivity index (χ2n) is 11.3. The monoisotopic (exact) mass is 598 g/mol. The summed E-state index contributed by atoms with van der Waals surface area (Å²) in [6.07, 6.45) is 2.18. The number of ketones is 1. The summed E-state index contributed by atoms with van der Waals surface area (Å²) in [7, 11) is -4.54. The van der Waals surface area contributed by atoms with Crippen molar-refractivity contribution < 1.29 is 32.3 Å². The molecule has 2 aliphatic heterocycles. The van der Waals surface area contributed by atoms with E-state index in [1.54, 1.807) is 5.38 Å². The summed E-state index contributed by atoms with van der Waals surface area (Å²) in [5, 5.41) is 4.01. The van der Waals surface area contributed by atoms with Crippen LogP contribution in [0, 0.1) is 5.41 Å². The highest BCUT2D eigenvalue weighted by molar-refractivity contribution is 8.04.